The summed E-state index contributed by atoms with van der Waals surface area (Å²) in [5.41, 5.74) is 3.18. The largest absolute Gasteiger partial charge is 0.493 e. The number of nitrogens with zero attached hydrogens (tertiary/aromatic N) is 1. The highest BCUT2D eigenvalue weighted by Gasteiger charge is 2.18. The standard InChI is InChI=1S/C21H22N2O3S/c1-13(21(24)25)18-12-27-19-11-16(6-7-17(18)19)26-10-8-15-5-4-14-3-2-9-22-20(14)23-15/h4-7,11-13H,2-3,8-10H2,1H3,(H,22,23)(H,24,25). The number of pyridine rings is 1. The Morgan fingerprint density at radius 3 is 3.11 bits per heavy atom. The molecule has 1 aliphatic rings. The zero-order valence-electron chi connectivity index (χ0n) is 15.2. The first-order chi connectivity index (χ1) is 13.1. The second kappa shape index (κ2) is 7.56. The molecule has 27 heavy (non-hydrogen) atoms. The van der Waals surface area contributed by atoms with E-state index in [1.54, 1.807) is 18.3 Å². The van der Waals surface area contributed by atoms with Crippen LogP contribution in [0.15, 0.2) is 35.7 Å². The van der Waals surface area contributed by atoms with E-state index in [1.165, 1.54) is 5.56 Å². The van der Waals surface area contributed by atoms with Crippen molar-refractivity contribution in [2.24, 2.45) is 0 Å². The van der Waals surface area contributed by atoms with Gasteiger partial charge in [0.25, 0.3) is 0 Å². The minimum atomic E-state index is -0.804. The van der Waals surface area contributed by atoms with Gasteiger partial charge in [-0.15, -0.1) is 11.3 Å². The number of carboxylic acids is 1. The van der Waals surface area contributed by atoms with E-state index in [-0.39, 0.29) is 0 Å². The molecule has 0 bridgehead atoms. The zero-order chi connectivity index (χ0) is 18.8. The lowest BCUT2D eigenvalue weighted by atomic mass is 10.0. The van der Waals surface area contributed by atoms with Crippen molar-refractivity contribution >= 4 is 33.2 Å². The fraction of sp³-hybridized carbons (Fsp3) is 0.333. The maximum absolute atomic E-state index is 11.2. The van der Waals surface area contributed by atoms with Crippen molar-refractivity contribution in [3.63, 3.8) is 0 Å². The third-order valence-electron chi connectivity index (χ3n) is 4.99. The summed E-state index contributed by atoms with van der Waals surface area (Å²) in [4.78, 5) is 15.9. The van der Waals surface area contributed by atoms with Crippen molar-refractivity contribution in [1.29, 1.82) is 0 Å². The van der Waals surface area contributed by atoms with Gasteiger partial charge in [-0.2, -0.15) is 0 Å². The van der Waals surface area contributed by atoms with Crippen LogP contribution in [0.5, 0.6) is 5.75 Å². The number of ether oxygens (including phenoxy) is 1. The number of carbonyl (C=O) groups is 1. The number of carboxylic acid groups (broad SMARTS) is 1. The van der Waals surface area contributed by atoms with Crippen molar-refractivity contribution in [1.82, 2.24) is 4.98 Å². The summed E-state index contributed by atoms with van der Waals surface area (Å²) >= 11 is 1.56. The first kappa shape index (κ1) is 17.8. The minimum Gasteiger partial charge on any atom is -0.493 e. The third-order valence-corrected chi connectivity index (χ3v) is 5.96. The fourth-order valence-corrected chi connectivity index (χ4v) is 4.45. The van der Waals surface area contributed by atoms with Crippen LogP contribution in [0, 0.1) is 0 Å². The molecular weight excluding hydrogens is 360 g/mol. The van der Waals surface area contributed by atoms with E-state index >= 15 is 0 Å². The van der Waals surface area contributed by atoms with E-state index in [4.69, 9.17) is 4.74 Å². The Morgan fingerprint density at radius 2 is 2.26 bits per heavy atom. The fourth-order valence-electron chi connectivity index (χ4n) is 3.37. The lowest BCUT2D eigenvalue weighted by molar-refractivity contribution is -0.138. The summed E-state index contributed by atoms with van der Waals surface area (Å²) in [6, 6.07) is 10.1. The van der Waals surface area contributed by atoms with E-state index in [1.807, 2.05) is 23.6 Å². The number of nitrogens with one attached hydrogen (secondary N) is 1. The number of aromatic nitrogens is 1. The van der Waals surface area contributed by atoms with Gasteiger partial charge >= 0.3 is 5.97 Å². The Morgan fingerprint density at radius 1 is 1.37 bits per heavy atom. The molecule has 5 nitrogen and oxygen atoms in total. The molecule has 0 amide bonds. The van der Waals surface area contributed by atoms with Crippen LogP contribution in [-0.2, 0) is 17.6 Å². The maximum atomic E-state index is 11.2. The van der Waals surface area contributed by atoms with E-state index < -0.39 is 11.9 Å². The van der Waals surface area contributed by atoms with Gasteiger partial charge in [0.1, 0.15) is 11.6 Å². The van der Waals surface area contributed by atoms with Crippen LogP contribution in [0.2, 0.25) is 0 Å². The Hall–Kier alpha value is -2.60. The highest BCUT2D eigenvalue weighted by molar-refractivity contribution is 7.17. The summed E-state index contributed by atoms with van der Waals surface area (Å²) in [6.07, 6.45) is 3.00. The average molecular weight is 382 g/mol. The lowest BCUT2D eigenvalue weighted by Gasteiger charge is -2.17. The summed E-state index contributed by atoms with van der Waals surface area (Å²) in [6.45, 7) is 3.26. The van der Waals surface area contributed by atoms with Gasteiger partial charge in [0.05, 0.1) is 12.5 Å². The molecule has 0 spiro atoms. The molecule has 0 fully saturated rings. The van der Waals surface area contributed by atoms with Crippen LogP contribution in [0.1, 0.15) is 36.1 Å². The van der Waals surface area contributed by atoms with Gasteiger partial charge in [-0.05, 0) is 65.9 Å². The molecule has 4 rings (SSSR count). The number of hydrogen-bond acceptors (Lipinski definition) is 5. The zero-order valence-corrected chi connectivity index (χ0v) is 16.0. The van der Waals surface area contributed by atoms with Gasteiger partial charge < -0.3 is 15.2 Å². The van der Waals surface area contributed by atoms with Crippen LogP contribution in [-0.4, -0.2) is 29.2 Å². The Kier molecular flexibility index (Phi) is 4.99. The molecule has 0 radical (unpaired) electrons. The van der Waals surface area contributed by atoms with Crippen molar-refractivity contribution in [2.45, 2.75) is 32.1 Å². The van der Waals surface area contributed by atoms with Crippen LogP contribution in [0.25, 0.3) is 10.1 Å². The summed E-state index contributed by atoms with van der Waals surface area (Å²) in [7, 11) is 0. The van der Waals surface area contributed by atoms with Crippen molar-refractivity contribution in [3.8, 4) is 5.75 Å². The Labute approximate surface area is 162 Å². The smallest absolute Gasteiger partial charge is 0.310 e. The number of rotatable bonds is 6. The van der Waals surface area contributed by atoms with E-state index in [0.717, 1.165) is 58.7 Å². The number of hydrogen-bond donors (Lipinski definition) is 2. The highest BCUT2D eigenvalue weighted by atomic mass is 32.1. The first-order valence-corrected chi connectivity index (χ1v) is 10.1. The highest BCUT2D eigenvalue weighted by Crippen LogP contribution is 2.34. The van der Waals surface area contributed by atoms with Gasteiger partial charge in [-0.3, -0.25) is 4.79 Å². The Bertz CT molecular complexity index is 983. The molecule has 1 aromatic carbocycles. The molecule has 3 heterocycles. The number of aryl methyl sites for hydroxylation is 1. The van der Waals surface area contributed by atoms with E-state index in [0.29, 0.717) is 6.61 Å². The number of aliphatic carboxylic acids is 1. The summed E-state index contributed by atoms with van der Waals surface area (Å²) in [5.74, 6) is 0.505. The van der Waals surface area contributed by atoms with Crippen LogP contribution >= 0.6 is 11.3 Å². The molecule has 2 N–H and O–H groups in total. The first-order valence-electron chi connectivity index (χ1n) is 9.21. The minimum absolute atomic E-state index is 0.505. The molecule has 0 aliphatic carbocycles. The molecule has 140 valence electrons. The van der Waals surface area contributed by atoms with Gasteiger partial charge in [0.2, 0.25) is 0 Å². The molecule has 0 saturated carbocycles. The molecule has 2 aromatic heterocycles. The molecule has 0 saturated heterocycles. The summed E-state index contributed by atoms with van der Waals surface area (Å²) < 4.78 is 6.96. The predicted molar refractivity (Wildman–Crippen MR) is 108 cm³/mol. The summed E-state index contributed by atoms with van der Waals surface area (Å²) in [5, 5.41) is 15.5. The quantitative estimate of drug-likeness (QED) is 0.658. The van der Waals surface area contributed by atoms with Gasteiger partial charge in [-0.1, -0.05) is 6.07 Å². The van der Waals surface area contributed by atoms with E-state index in [2.05, 4.69) is 22.4 Å². The number of thiophene rings is 1. The molecule has 3 aromatic rings. The lowest BCUT2D eigenvalue weighted by Crippen LogP contribution is -2.14. The molecule has 1 aliphatic heterocycles. The SMILES string of the molecule is CC(C(=O)O)c1csc2cc(OCCc3ccc4c(n3)NCCC4)ccc12. The predicted octanol–water partition coefficient (Wildman–Crippen LogP) is 4.46. The second-order valence-electron chi connectivity index (χ2n) is 6.85. The van der Waals surface area contributed by atoms with Crippen molar-refractivity contribution < 1.29 is 14.6 Å². The number of benzene rings is 1. The van der Waals surface area contributed by atoms with E-state index in [9.17, 15) is 9.90 Å². The van der Waals surface area contributed by atoms with Crippen molar-refractivity contribution in [2.75, 3.05) is 18.5 Å². The average Bonchev–Trinajstić information content (AvgIpc) is 3.10. The van der Waals surface area contributed by atoms with Gasteiger partial charge in [0, 0.05) is 23.4 Å². The van der Waals surface area contributed by atoms with Crippen LogP contribution in [0.4, 0.5) is 5.82 Å². The molecule has 1 atom stereocenters. The third kappa shape index (κ3) is 3.76. The number of anilines is 1. The van der Waals surface area contributed by atoms with Crippen LogP contribution in [0.3, 0.4) is 0 Å². The topological polar surface area (TPSA) is 71.5 Å². The normalized spacial score (nSPS) is 14.4. The van der Waals surface area contributed by atoms with Gasteiger partial charge in [0.15, 0.2) is 0 Å². The molecule has 1 unspecified atom stereocenters. The number of fused-ring (bicyclic) bond motifs is 2. The van der Waals surface area contributed by atoms with Gasteiger partial charge in [-0.25, -0.2) is 4.98 Å². The maximum Gasteiger partial charge on any atom is 0.310 e. The Balaban J connectivity index is 1.41. The monoisotopic (exact) mass is 382 g/mol. The second-order valence-corrected chi connectivity index (χ2v) is 7.76. The van der Waals surface area contributed by atoms with Crippen molar-refractivity contribution in [3.05, 3.63) is 52.5 Å². The molecule has 6 heteroatoms. The van der Waals surface area contributed by atoms with Crippen LogP contribution < -0.4 is 10.1 Å². The molecular formula is C21H22N2O3S.